The van der Waals surface area contributed by atoms with Crippen LogP contribution in [-0.2, 0) is 6.42 Å². The van der Waals surface area contributed by atoms with Gasteiger partial charge in [0.05, 0.1) is 11.7 Å². The molecular formula is C14H10BrF2N. The molecule has 1 atom stereocenters. The molecule has 2 aromatic rings. The lowest BCUT2D eigenvalue weighted by Gasteiger charge is -2.12. The first-order valence-corrected chi connectivity index (χ1v) is 6.43. The molecule has 1 aliphatic heterocycles. The number of halogens is 3. The minimum Gasteiger partial charge on any atom is -0.377 e. The van der Waals surface area contributed by atoms with Crippen LogP contribution < -0.4 is 5.32 Å². The Morgan fingerprint density at radius 3 is 2.50 bits per heavy atom. The molecule has 18 heavy (non-hydrogen) atoms. The quantitative estimate of drug-likeness (QED) is 0.821. The van der Waals surface area contributed by atoms with Crippen molar-refractivity contribution < 1.29 is 8.78 Å². The number of anilines is 1. The summed E-state index contributed by atoms with van der Waals surface area (Å²) in [4.78, 5) is 0. The van der Waals surface area contributed by atoms with Gasteiger partial charge in [-0.05, 0) is 51.7 Å². The van der Waals surface area contributed by atoms with Crippen molar-refractivity contribution in [3.8, 4) is 0 Å². The van der Waals surface area contributed by atoms with Crippen LogP contribution in [0.4, 0.5) is 14.5 Å². The molecule has 1 N–H and O–H groups in total. The van der Waals surface area contributed by atoms with E-state index in [9.17, 15) is 8.78 Å². The van der Waals surface area contributed by atoms with Gasteiger partial charge in [-0.2, -0.15) is 0 Å². The van der Waals surface area contributed by atoms with E-state index in [0.29, 0.717) is 5.56 Å². The van der Waals surface area contributed by atoms with Crippen LogP contribution in [0.3, 0.4) is 0 Å². The van der Waals surface area contributed by atoms with E-state index in [1.807, 2.05) is 18.2 Å². The van der Waals surface area contributed by atoms with Crippen LogP contribution in [0.5, 0.6) is 0 Å². The van der Waals surface area contributed by atoms with Gasteiger partial charge in [0.25, 0.3) is 0 Å². The Kier molecular flexibility index (Phi) is 2.82. The third-order valence-corrected chi connectivity index (χ3v) is 3.79. The summed E-state index contributed by atoms with van der Waals surface area (Å²) in [7, 11) is 0. The van der Waals surface area contributed by atoms with Gasteiger partial charge in [0.2, 0.25) is 0 Å². The number of para-hydroxylation sites is 1. The fourth-order valence-electron chi connectivity index (χ4n) is 2.32. The van der Waals surface area contributed by atoms with E-state index < -0.39 is 11.6 Å². The standard InChI is InChI=1S/C14H10BrF2N/c15-12-3-1-2-8-6-13(18-14(8)12)9-4-10(16)7-11(17)5-9/h1-5,7,13,18H,6H2. The summed E-state index contributed by atoms with van der Waals surface area (Å²) in [5.74, 6) is -1.08. The topological polar surface area (TPSA) is 12.0 Å². The summed E-state index contributed by atoms with van der Waals surface area (Å²) >= 11 is 3.47. The van der Waals surface area contributed by atoms with Crippen LogP contribution in [0.1, 0.15) is 17.2 Å². The monoisotopic (exact) mass is 309 g/mol. The first kappa shape index (κ1) is 11.7. The van der Waals surface area contributed by atoms with Gasteiger partial charge in [-0.25, -0.2) is 8.78 Å². The zero-order valence-corrected chi connectivity index (χ0v) is 11.0. The Balaban J connectivity index is 1.96. The summed E-state index contributed by atoms with van der Waals surface area (Å²) in [5, 5.41) is 3.29. The molecule has 4 heteroatoms. The molecule has 0 aromatic heterocycles. The van der Waals surface area contributed by atoms with E-state index in [2.05, 4.69) is 21.2 Å². The van der Waals surface area contributed by atoms with Crippen molar-refractivity contribution in [2.24, 2.45) is 0 Å². The van der Waals surface area contributed by atoms with Gasteiger partial charge in [-0.1, -0.05) is 12.1 Å². The predicted octanol–water partition coefficient (Wildman–Crippen LogP) is 4.44. The summed E-state index contributed by atoms with van der Waals surface area (Å²) < 4.78 is 27.4. The van der Waals surface area contributed by atoms with Gasteiger partial charge >= 0.3 is 0 Å². The van der Waals surface area contributed by atoms with Crippen LogP contribution in [0.25, 0.3) is 0 Å². The molecule has 1 nitrogen and oxygen atoms in total. The second-order valence-electron chi connectivity index (χ2n) is 4.38. The van der Waals surface area contributed by atoms with Crippen molar-refractivity contribution in [2.75, 3.05) is 5.32 Å². The maximum atomic E-state index is 13.2. The highest BCUT2D eigenvalue weighted by molar-refractivity contribution is 9.10. The minimum absolute atomic E-state index is 0.0797. The Bertz CT molecular complexity index is 592. The zero-order valence-electron chi connectivity index (χ0n) is 9.38. The van der Waals surface area contributed by atoms with Crippen LogP contribution in [0.2, 0.25) is 0 Å². The van der Waals surface area contributed by atoms with Crippen molar-refractivity contribution in [3.63, 3.8) is 0 Å². The fraction of sp³-hybridized carbons (Fsp3) is 0.143. The maximum Gasteiger partial charge on any atom is 0.126 e. The zero-order chi connectivity index (χ0) is 12.7. The average molecular weight is 310 g/mol. The number of fused-ring (bicyclic) bond motifs is 1. The number of rotatable bonds is 1. The van der Waals surface area contributed by atoms with E-state index >= 15 is 0 Å². The van der Waals surface area contributed by atoms with Crippen LogP contribution in [0.15, 0.2) is 40.9 Å². The summed E-state index contributed by atoms with van der Waals surface area (Å²) in [6.07, 6.45) is 0.734. The molecule has 0 amide bonds. The molecule has 0 bridgehead atoms. The van der Waals surface area contributed by atoms with E-state index in [-0.39, 0.29) is 6.04 Å². The molecule has 3 rings (SSSR count). The summed E-state index contributed by atoms with van der Waals surface area (Å²) in [6, 6.07) is 9.48. The molecule has 0 saturated carbocycles. The van der Waals surface area contributed by atoms with Crippen molar-refractivity contribution in [3.05, 3.63) is 63.6 Å². The number of hydrogen-bond acceptors (Lipinski definition) is 1. The molecule has 0 radical (unpaired) electrons. The molecule has 1 heterocycles. The molecule has 2 aromatic carbocycles. The Hall–Kier alpha value is -1.42. The highest BCUT2D eigenvalue weighted by Crippen LogP contribution is 2.38. The van der Waals surface area contributed by atoms with Crippen LogP contribution in [0, 0.1) is 11.6 Å². The third-order valence-electron chi connectivity index (χ3n) is 3.13. The lowest BCUT2D eigenvalue weighted by atomic mass is 10.0. The first-order chi connectivity index (χ1) is 8.63. The first-order valence-electron chi connectivity index (χ1n) is 5.63. The largest absolute Gasteiger partial charge is 0.377 e. The van der Waals surface area contributed by atoms with Crippen molar-refractivity contribution in [1.29, 1.82) is 0 Å². The summed E-state index contributed by atoms with van der Waals surface area (Å²) in [5.41, 5.74) is 2.79. The van der Waals surface area contributed by atoms with Gasteiger partial charge in [-0.3, -0.25) is 0 Å². The predicted molar refractivity (Wildman–Crippen MR) is 70.6 cm³/mol. The maximum absolute atomic E-state index is 13.2. The van der Waals surface area contributed by atoms with Gasteiger partial charge in [0.1, 0.15) is 11.6 Å². The van der Waals surface area contributed by atoms with Crippen LogP contribution in [-0.4, -0.2) is 0 Å². The SMILES string of the molecule is Fc1cc(F)cc(C2Cc3cccc(Br)c3N2)c1. The van der Waals surface area contributed by atoms with Crippen molar-refractivity contribution >= 4 is 21.6 Å². The second-order valence-corrected chi connectivity index (χ2v) is 5.23. The molecule has 0 spiro atoms. The van der Waals surface area contributed by atoms with Crippen molar-refractivity contribution in [1.82, 2.24) is 0 Å². The molecule has 1 unspecified atom stereocenters. The van der Waals surface area contributed by atoms with E-state index in [1.54, 1.807) is 0 Å². The van der Waals surface area contributed by atoms with Gasteiger partial charge in [-0.15, -0.1) is 0 Å². The lowest BCUT2D eigenvalue weighted by Crippen LogP contribution is -2.06. The molecule has 92 valence electrons. The van der Waals surface area contributed by atoms with Gasteiger partial charge in [0, 0.05) is 10.5 Å². The molecule has 0 aliphatic carbocycles. The van der Waals surface area contributed by atoms with Crippen LogP contribution >= 0.6 is 15.9 Å². The van der Waals surface area contributed by atoms with Crippen molar-refractivity contribution in [2.45, 2.75) is 12.5 Å². The molecule has 0 fully saturated rings. The van der Waals surface area contributed by atoms with Gasteiger partial charge in [0.15, 0.2) is 0 Å². The highest BCUT2D eigenvalue weighted by atomic mass is 79.9. The average Bonchev–Trinajstić information content (AvgIpc) is 2.73. The Morgan fingerprint density at radius 1 is 1.11 bits per heavy atom. The smallest absolute Gasteiger partial charge is 0.126 e. The minimum atomic E-state index is -0.540. The Labute approximate surface area is 112 Å². The lowest BCUT2D eigenvalue weighted by molar-refractivity contribution is 0.576. The summed E-state index contributed by atoms with van der Waals surface area (Å²) in [6.45, 7) is 0. The fourth-order valence-corrected chi connectivity index (χ4v) is 2.84. The number of nitrogens with one attached hydrogen (secondary N) is 1. The molecule has 0 saturated heterocycles. The number of hydrogen-bond donors (Lipinski definition) is 1. The second kappa shape index (κ2) is 4.35. The Morgan fingerprint density at radius 2 is 1.83 bits per heavy atom. The van der Waals surface area contributed by atoms with E-state index in [1.165, 1.54) is 12.1 Å². The van der Waals surface area contributed by atoms with E-state index in [4.69, 9.17) is 0 Å². The molecular weight excluding hydrogens is 300 g/mol. The van der Waals surface area contributed by atoms with E-state index in [0.717, 1.165) is 28.2 Å². The van der Waals surface area contributed by atoms with Gasteiger partial charge < -0.3 is 5.32 Å². The third kappa shape index (κ3) is 2.01. The highest BCUT2D eigenvalue weighted by Gasteiger charge is 2.24. The number of benzene rings is 2. The normalized spacial score (nSPS) is 17.4. The molecule has 1 aliphatic rings.